The molecule has 0 saturated carbocycles. The minimum atomic E-state index is -4.31. The molecule has 0 saturated heterocycles. The molecule has 0 N–H and O–H groups in total. The van der Waals surface area contributed by atoms with Crippen molar-refractivity contribution in [2.24, 2.45) is 0 Å². The Morgan fingerprint density at radius 1 is 0.457 bits per heavy atom. The van der Waals surface area contributed by atoms with Gasteiger partial charge in [0.15, 0.2) is 0 Å². The lowest BCUT2D eigenvalue weighted by Gasteiger charge is -2.30. The number of benzene rings is 3. The summed E-state index contributed by atoms with van der Waals surface area (Å²) in [5.74, 6) is 1.60. The van der Waals surface area contributed by atoms with E-state index in [-0.39, 0.29) is 33.0 Å². The number of hydrogen-bond acceptors (Lipinski definition) is 4. The van der Waals surface area contributed by atoms with Crippen molar-refractivity contribution in [3.63, 3.8) is 0 Å². The Labute approximate surface area is 281 Å². The van der Waals surface area contributed by atoms with Crippen molar-refractivity contribution in [1.82, 2.24) is 0 Å². The highest BCUT2D eigenvalue weighted by atomic mass is 31.2. The van der Waals surface area contributed by atoms with Gasteiger partial charge in [-0.3, -0.25) is 0 Å². The second kappa shape index (κ2) is 12.7. The lowest BCUT2D eigenvalue weighted by molar-refractivity contribution is 0.292. The second-order valence-electron chi connectivity index (χ2n) is 18.3. The van der Waals surface area contributed by atoms with Crippen LogP contribution in [0.3, 0.4) is 0 Å². The molecule has 0 aromatic heterocycles. The van der Waals surface area contributed by atoms with Crippen molar-refractivity contribution in [2.75, 3.05) is 0 Å². The fraction of sp³-hybridized carbons (Fsp3) is 0.561. The van der Waals surface area contributed by atoms with Crippen LogP contribution in [0.25, 0.3) is 0 Å². The van der Waals surface area contributed by atoms with Crippen molar-refractivity contribution < 1.29 is 18.1 Å². The van der Waals surface area contributed by atoms with Gasteiger partial charge in [-0.05, 0) is 73.4 Å². The highest BCUT2D eigenvalue weighted by molar-refractivity contribution is 7.49. The minimum Gasteiger partial charge on any atom is -0.386 e. The topological polar surface area (TPSA) is 44.8 Å². The van der Waals surface area contributed by atoms with E-state index in [1.165, 1.54) is 16.7 Å². The van der Waals surface area contributed by atoms with E-state index in [2.05, 4.69) is 136 Å². The molecule has 46 heavy (non-hydrogen) atoms. The Balaban J connectivity index is 2.28. The number of rotatable bonds is 7. The molecule has 0 unspecified atom stereocenters. The first-order chi connectivity index (χ1) is 20.6. The summed E-state index contributed by atoms with van der Waals surface area (Å²) in [6, 6.07) is 18.4. The van der Waals surface area contributed by atoms with Gasteiger partial charge in [0, 0.05) is 11.1 Å². The molecule has 0 aliphatic rings. The summed E-state index contributed by atoms with van der Waals surface area (Å²) in [5, 5.41) is 0. The first-order valence-electron chi connectivity index (χ1n) is 16.8. The largest absolute Gasteiger partial charge is 0.647 e. The van der Waals surface area contributed by atoms with Gasteiger partial charge >= 0.3 is 7.82 Å². The van der Waals surface area contributed by atoms with Crippen molar-refractivity contribution in [2.45, 2.75) is 151 Å². The van der Waals surface area contributed by atoms with E-state index in [4.69, 9.17) is 13.6 Å². The Hall–Kier alpha value is -2.71. The predicted molar refractivity (Wildman–Crippen MR) is 196 cm³/mol. The number of phosphoric acid groups is 1. The molecule has 254 valence electrons. The fourth-order valence-corrected chi connectivity index (χ4v) is 6.61. The molecule has 4 nitrogen and oxygen atoms in total. The Bertz CT molecular complexity index is 1500. The van der Waals surface area contributed by atoms with Crippen molar-refractivity contribution in [3.05, 3.63) is 88.0 Å². The van der Waals surface area contributed by atoms with E-state index in [0.29, 0.717) is 17.2 Å². The summed E-state index contributed by atoms with van der Waals surface area (Å²) in [7, 11) is -4.31. The van der Waals surface area contributed by atoms with Gasteiger partial charge in [-0.15, -0.1) is 0 Å². The maximum absolute atomic E-state index is 15.2. The van der Waals surface area contributed by atoms with Gasteiger partial charge in [-0.1, -0.05) is 154 Å². The SMILES string of the molecule is CC(C)c1cc(C(C)(C)C)ccc1OP(=O)(Oc1ccc(C(C)(C)C)cc1C(C)(C)C)Oc1ccc(C(C)(C)C)cc1C(C)(C)C. The monoisotopic (exact) mass is 648 g/mol. The molecule has 0 fully saturated rings. The smallest absolute Gasteiger partial charge is 0.386 e. The van der Waals surface area contributed by atoms with Crippen molar-refractivity contribution >= 4 is 7.82 Å². The van der Waals surface area contributed by atoms with Crippen LogP contribution >= 0.6 is 7.82 Å². The first-order valence-corrected chi connectivity index (χ1v) is 18.2. The molecule has 3 aromatic carbocycles. The summed E-state index contributed by atoms with van der Waals surface area (Å²) in [6.45, 7) is 36.8. The third kappa shape index (κ3) is 9.21. The van der Waals surface area contributed by atoms with E-state index in [9.17, 15) is 0 Å². The summed E-state index contributed by atoms with van der Waals surface area (Å²) < 4.78 is 34.8. The third-order valence-corrected chi connectivity index (χ3v) is 9.70. The van der Waals surface area contributed by atoms with Crippen LogP contribution in [-0.2, 0) is 31.6 Å². The van der Waals surface area contributed by atoms with Gasteiger partial charge in [-0.25, -0.2) is 0 Å². The van der Waals surface area contributed by atoms with Gasteiger partial charge < -0.3 is 13.6 Å². The molecule has 5 heteroatoms. The van der Waals surface area contributed by atoms with Gasteiger partial charge in [0.1, 0.15) is 17.2 Å². The van der Waals surface area contributed by atoms with E-state index >= 15 is 4.57 Å². The van der Waals surface area contributed by atoms with E-state index in [0.717, 1.165) is 16.7 Å². The summed E-state index contributed by atoms with van der Waals surface area (Å²) in [4.78, 5) is 0. The standard InChI is InChI=1S/C41H61O4P/c1-27(2)31-24-28(37(3,4)5)18-21-34(31)43-46(42,44-35-22-19-29(38(6,7)8)25-32(35)40(12,13)14)45-36-23-20-30(39(9,10)11)26-33(36)41(15,16)17/h18-27H,1-17H3. The predicted octanol–water partition coefficient (Wildman–Crippen LogP) is 12.9. The number of phosphoric ester groups is 1. The van der Waals surface area contributed by atoms with Crippen molar-refractivity contribution in [3.8, 4) is 17.2 Å². The average Bonchev–Trinajstić information content (AvgIpc) is 2.85. The van der Waals surface area contributed by atoms with Crippen LogP contribution in [0.5, 0.6) is 17.2 Å². The molecule has 0 heterocycles. The summed E-state index contributed by atoms with van der Waals surface area (Å²) in [5.41, 5.74) is 5.62. The fourth-order valence-electron chi connectivity index (χ4n) is 5.29. The Morgan fingerprint density at radius 3 is 1.07 bits per heavy atom. The van der Waals surface area contributed by atoms with Crippen LogP contribution < -0.4 is 13.6 Å². The molecule has 0 amide bonds. The summed E-state index contributed by atoms with van der Waals surface area (Å²) in [6.07, 6.45) is 0. The molecule has 3 aromatic rings. The molecule has 0 atom stereocenters. The molecular formula is C41H61O4P. The molecule has 0 radical (unpaired) electrons. The van der Waals surface area contributed by atoms with Crippen LogP contribution in [0.2, 0.25) is 0 Å². The van der Waals surface area contributed by atoms with Crippen LogP contribution in [0.4, 0.5) is 0 Å². The van der Waals surface area contributed by atoms with Crippen LogP contribution in [0, 0.1) is 0 Å². The quantitative estimate of drug-likeness (QED) is 0.239. The van der Waals surface area contributed by atoms with Gasteiger partial charge in [0.25, 0.3) is 0 Å². The minimum absolute atomic E-state index is 0.0499. The zero-order chi connectivity index (χ0) is 35.3. The molecule has 0 aliphatic heterocycles. The zero-order valence-electron chi connectivity index (χ0n) is 31.9. The average molecular weight is 649 g/mol. The Kier molecular flexibility index (Phi) is 10.4. The van der Waals surface area contributed by atoms with E-state index in [1.54, 1.807) is 0 Å². The van der Waals surface area contributed by atoms with Gasteiger partial charge in [-0.2, -0.15) is 4.57 Å². The molecule has 0 aliphatic carbocycles. The highest BCUT2D eigenvalue weighted by Crippen LogP contribution is 2.54. The van der Waals surface area contributed by atoms with E-state index < -0.39 is 7.82 Å². The highest BCUT2D eigenvalue weighted by Gasteiger charge is 2.39. The molecular weight excluding hydrogens is 587 g/mol. The second-order valence-corrected chi connectivity index (χ2v) is 19.7. The van der Waals surface area contributed by atoms with Gasteiger partial charge in [0.2, 0.25) is 0 Å². The zero-order valence-corrected chi connectivity index (χ0v) is 32.7. The molecule has 0 spiro atoms. The molecule has 0 bridgehead atoms. The van der Waals surface area contributed by atoms with Crippen LogP contribution in [0.15, 0.2) is 54.6 Å². The first kappa shape index (κ1) is 37.7. The summed E-state index contributed by atoms with van der Waals surface area (Å²) >= 11 is 0. The maximum atomic E-state index is 15.2. The van der Waals surface area contributed by atoms with Gasteiger partial charge in [0.05, 0.1) is 0 Å². The van der Waals surface area contributed by atoms with E-state index in [1.807, 2.05) is 36.4 Å². The van der Waals surface area contributed by atoms with Crippen LogP contribution in [-0.4, -0.2) is 0 Å². The molecule has 3 rings (SSSR count). The lowest BCUT2D eigenvalue weighted by Crippen LogP contribution is -2.20. The Morgan fingerprint density at radius 2 is 0.761 bits per heavy atom. The lowest BCUT2D eigenvalue weighted by atomic mass is 9.80. The maximum Gasteiger partial charge on any atom is 0.647 e. The number of hydrogen-bond donors (Lipinski definition) is 0. The van der Waals surface area contributed by atoms with Crippen LogP contribution in [0.1, 0.15) is 157 Å². The van der Waals surface area contributed by atoms with Crippen molar-refractivity contribution in [1.29, 1.82) is 0 Å². The normalized spacial score (nSPS) is 13.6. The third-order valence-electron chi connectivity index (χ3n) is 8.44.